The van der Waals surface area contributed by atoms with Crippen molar-refractivity contribution in [3.05, 3.63) is 75.6 Å². The number of nitrogens with zero attached hydrogens (tertiary/aromatic N) is 1. The van der Waals surface area contributed by atoms with Gasteiger partial charge in [-0.2, -0.15) is 0 Å². The van der Waals surface area contributed by atoms with Gasteiger partial charge in [0.05, 0.1) is 17.1 Å². The molecule has 0 fully saturated rings. The van der Waals surface area contributed by atoms with Crippen LogP contribution >= 0.6 is 0 Å². The summed E-state index contributed by atoms with van der Waals surface area (Å²) in [5.41, 5.74) is 1.98. The molecule has 0 spiro atoms. The molecule has 0 atom stereocenters. The van der Waals surface area contributed by atoms with E-state index < -0.39 is 4.92 Å². The molecule has 1 aromatic rings. The number of hydrogen-bond acceptors (Lipinski definition) is 3. The van der Waals surface area contributed by atoms with E-state index >= 15 is 0 Å². The second kappa shape index (κ2) is 4.60. The molecule has 1 aromatic carbocycles. The van der Waals surface area contributed by atoms with E-state index in [4.69, 9.17) is 5.11 Å². The van der Waals surface area contributed by atoms with E-state index in [0.29, 0.717) is 6.42 Å². The van der Waals surface area contributed by atoms with Crippen LogP contribution in [0.2, 0.25) is 0 Å². The van der Waals surface area contributed by atoms with Gasteiger partial charge in [0.1, 0.15) is 11.6 Å². The number of rotatable bonds is 3. The van der Waals surface area contributed by atoms with Gasteiger partial charge in [0.15, 0.2) is 0 Å². The highest BCUT2D eigenvalue weighted by molar-refractivity contribution is 5.38. The maximum Gasteiger partial charge on any atom is 0.269 e. The summed E-state index contributed by atoms with van der Waals surface area (Å²) in [4.78, 5) is 10.1. The standard InChI is InChI=1S/C13H9NO3/c15-13-7-3-11(4-8-13)9-10-1-5-12(6-2-10)14(16)17/h1-3,5-8H,9H2/p+1. The Morgan fingerprint density at radius 3 is 2.47 bits per heavy atom. The van der Waals surface area contributed by atoms with Crippen molar-refractivity contribution in [3.63, 3.8) is 0 Å². The van der Waals surface area contributed by atoms with E-state index in [2.05, 4.69) is 6.08 Å². The summed E-state index contributed by atoms with van der Waals surface area (Å²) in [7, 11) is 0. The Balaban J connectivity index is 2.10. The molecule has 17 heavy (non-hydrogen) atoms. The first-order chi connectivity index (χ1) is 8.15. The number of benzene rings is 1. The van der Waals surface area contributed by atoms with Crippen LogP contribution in [0.3, 0.4) is 0 Å². The molecular weight excluding hydrogens is 218 g/mol. The number of allylic oxidation sites excluding steroid dienone is 5. The van der Waals surface area contributed by atoms with E-state index in [0.717, 1.165) is 11.1 Å². The minimum atomic E-state index is -0.420. The van der Waals surface area contributed by atoms with Crippen molar-refractivity contribution in [3.8, 4) is 0 Å². The van der Waals surface area contributed by atoms with Crippen LogP contribution in [0.1, 0.15) is 5.56 Å². The molecule has 1 aliphatic carbocycles. The lowest BCUT2D eigenvalue weighted by atomic mass is 10.0. The van der Waals surface area contributed by atoms with E-state index in [-0.39, 0.29) is 11.4 Å². The Hall–Kier alpha value is -2.45. The molecule has 0 aromatic heterocycles. The van der Waals surface area contributed by atoms with Gasteiger partial charge in [-0.1, -0.05) is 12.1 Å². The molecule has 0 bridgehead atoms. The van der Waals surface area contributed by atoms with E-state index in [1.165, 1.54) is 18.2 Å². The zero-order valence-corrected chi connectivity index (χ0v) is 8.96. The Labute approximate surface area is 98.4 Å². The lowest BCUT2D eigenvalue weighted by molar-refractivity contribution is -0.384. The molecule has 84 valence electrons. The highest BCUT2D eigenvalue weighted by Gasteiger charge is 2.10. The summed E-state index contributed by atoms with van der Waals surface area (Å²) in [6.45, 7) is 0. The number of non-ortho nitro benzene ring substituents is 1. The molecular formula is C13H10NO3+. The maximum atomic E-state index is 10.5. The largest absolute Gasteiger partial charge is 0.448 e. The normalized spacial score (nSPS) is 13.6. The van der Waals surface area contributed by atoms with Crippen molar-refractivity contribution in [2.75, 3.05) is 0 Å². The van der Waals surface area contributed by atoms with Gasteiger partial charge in [0.2, 0.25) is 5.76 Å². The second-order valence-corrected chi connectivity index (χ2v) is 3.67. The molecule has 0 amide bonds. The average Bonchev–Trinajstić information content (AvgIpc) is 2.33. The number of nitro groups is 1. The van der Waals surface area contributed by atoms with Gasteiger partial charge in [0.25, 0.3) is 5.69 Å². The first-order valence-electron chi connectivity index (χ1n) is 5.08. The van der Waals surface area contributed by atoms with Crippen molar-refractivity contribution >= 4 is 5.69 Å². The fraction of sp³-hybridized carbons (Fsp3) is 0.0769. The number of nitro benzene ring substituents is 1. The molecule has 2 rings (SSSR count). The molecule has 0 unspecified atom stereocenters. The van der Waals surface area contributed by atoms with E-state index in [9.17, 15) is 10.1 Å². The predicted octanol–water partition coefficient (Wildman–Crippen LogP) is 2.88. The van der Waals surface area contributed by atoms with E-state index in [1.54, 1.807) is 24.3 Å². The monoisotopic (exact) mass is 228 g/mol. The molecule has 4 heteroatoms. The molecule has 0 heterocycles. The maximum absolute atomic E-state index is 10.5. The van der Waals surface area contributed by atoms with Crippen molar-refractivity contribution in [1.29, 1.82) is 0 Å². The van der Waals surface area contributed by atoms with Crippen LogP contribution < -0.4 is 0 Å². The Bertz CT molecular complexity index is 524. The smallest absolute Gasteiger partial charge is 0.269 e. The van der Waals surface area contributed by atoms with Gasteiger partial charge in [0, 0.05) is 24.6 Å². The summed E-state index contributed by atoms with van der Waals surface area (Å²) >= 11 is 0. The van der Waals surface area contributed by atoms with Crippen LogP contribution in [-0.4, -0.2) is 10.0 Å². The number of hydrogen-bond donors (Lipinski definition) is 1. The molecule has 0 saturated carbocycles. The van der Waals surface area contributed by atoms with Gasteiger partial charge >= 0.3 is 0 Å². The first-order valence-corrected chi connectivity index (χ1v) is 5.08. The molecule has 1 aliphatic rings. The van der Waals surface area contributed by atoms with E-state index in [1.807, 2.05) is 0 Å². The molecule has 4 nitrogen and oxygen atoms in total. The fourth-order valence-corrected chi connectivity index (χ4v) is 1.51. The Kier molecular flexibility index (Phi) is 2.99. The van der Waals surface area contributed by atoms with Crippen molar-refractivity contribution < 1.29 is 10.0 Å². The van der Waals surface area contributed by atoms with Crippen LogP contribution in [0.15, 0.2) is 53.8 Å². The van der Waals surface area contributed by atoms with Crippen molar-refractivity contribution in [2.24, 2.45) is 0 Å². The summed E-state index contributed by atoms with van der Waals surface area (Å²) in [5.74, 6) is 0.178. The highest BCUT2D eigenvalue weighted by atomic mass is 16.6. The highest BCUT2D eigenvalue weighted by Crippen LogP contribution is 2.17. The SMILES string of the molecule is O=[N+]([O-])c1ccc(CC2=[C+]C=C(O)C=C2)cc1. The minimum Gasteiger partial charge on any atom is -0.448 e. The Morgan fingerprint density at radius 2 is 1.94 bits per heavy atom. The third-order valence-electron chi connectivity index (χ3n) is 2.40. The van der Waals surface area contributed by atoms with Gasteiger partial charge in [-0.15, -0.1) is 0 Å². The van der Waals surface area contributed by atoms with Crippen LogP contribution in [0.5, 0.6) is 0 Å². The molecule has 0 aliphatic heterocycles. The molecule has 0 radical (unpaired) electrons. The first kappa shape index (κ1) is 11.0. The van der Waals surface area contributed by atoms with Crippen molar-refractivity contribution in [1.82, 2.24) is 0 Å². The third-order valence-corrected chi connectivity index (χ3v) is 2.40. The van der Waals surface area contributed by atoms with Gasteiger partial charge in [-0.05, 0) is 5.56 Å². The topological polar surface area (TPSA) is 63.4 Å². The lowest BCUT2D eigenvalue weighted by Gasteiger charge is -1.98. The van der Waals surface area contributed by atoms with Gasteiger partial charge in [-0.25, -0.2) is 0 Å². The van der Waals surface area contributed by atoms with Crippen LogP contribution in [-0.2, 0) is 6.42 Å². The fourth-order valence-electron chi connectivity index (χ4n) is 1.51. The molecule has 1 N–H and O–H groups in total. The summed E-state index contributed by atoms with van der Waals surface area (Å²) < 4.78 is 0. The zero-order chi connectivity index (χ0) is 12.3. The quantitative estimate of drug-likeness (QED) is 0.491. The third kappa shape index (κ3) is 2.77. The van der Waals surface area contributed by atoms with Crippen LogP contribution in [0, 0.1) is 16.2 Å². The van der Waals surface area contributed by atoms with Crippen molar-refractivity contribution in [2.45, 2.75) is 6.42 Å². The lowest BCUT2D eigenvalue weighted by Crippen LogP contribution is -1.93. The summed E-state index contributed by atoms with van der Waals surface area (Å²) in [6.07, 6.45) is 8.45. The number of aliphatic hydroxyl groups excluding tert-OH is 1. The average molecular weight is 228 g/mol. The summed E-state index contributed by atoms with van der Waals surface area (Å²) in [6, 6.07) is 6.41. The van der Waals surface area contributed by atoms with Crippen LogP contribution in [0.25, 0.3) is 0 Å². The Morgan fingerprint density at radius 1 is 1.24 bits per heavy atom. The zero-order valence-electron chi connectivity index (χ0n) is 8.96. The number of aliphatic hydroxyl groups is 1. The predicted molar refractivity (Wildman–Crippen MR) is 63.4 cm³/mol. The van der Waals surface area contributed by atoms with Crippen LogP contribution in [0.4, 0.5) is 5.69 Å². The second-order valence-electron chi connectivity index (χ2n) is 3.67. The van der Waals surface area contributed by atoms with Gasteiger partial charge in [-0.3, -0.25) is 10.1 Å². The molecule has 0 saturated heterocycles. The minimum absolute atomic E-state index is 0.0865. The summed E-state index contributed by atoms with van der Waals surface area (Å²) in [5, 5.41) is 19.6. The van der Waals surface area contributed by atoms with Gasteiger partial charge < -0.3 is 5.11 Å².